The Morgan fingerprint density at radius 3 is 2.31 bits per heavy atom. The standard InChI is InChI=1S/C45H47N3O7/c1-4-6-21-37(50)46-29(3)40(32-18-11-8-12-19-32)54-44(53)38-36-24-25-45(55-36)39(38)42(51)48(35(28-49)31-16-9-7-10-17-31)41(45)43(52)47(26-5-2)34-23-22-30-15-13-14-20-33(30)27-34/h4-5,7-20,22-23,27,29,35-36,38-41,49H,1-2,6,21,24-26,28H2,3H3,(H,46,50)/t29-,35-,36-,38+,39+,40-,41-,45+/m1/s1. The van der Waals surface area contributed by atoms with Gasteiger partial charge in [0, 0.05) is 18.7 Å². The average molecular weight is 742 g/mol. The molecule has 4 aromatic rings. The molecule has 2 bridgehead atoms. The van der Waals surface area contributed by atoms with Gasteiger partial charge < -0.3 is 29.7 Å². The number of aliphatic hydroxyl groups excluding tert-OH is 1. The molecule has 3 amide bonds. The van der Waals surface area contributed by atoms with E-state index in [-0.39, 0.29) is 18.9 Å². The maximum atomic E-state index is 15.3. The van der Waals surface area contributed by atoms with Crippen molar-refractivity contribution in [3.8, 4) is 0 Å². The largest absolute Gasteiger partial charge is 0.455 e. The predicted molar refractivity (Wildman–Crippen MR) is 210 cm³/mol. The first-order valence-corrected chi connectivity index (χ1v) is 18.9. The van der Waals surface area contributed by atoms with Crippen LogP contribution in [0.3, 0.4) is 0 Å². The summed E-state index contributed by atoms with van der Waals surface area (Å²) in [5.74, 6) is -3.78. The minimum Gasteiger partial charge on any atom is -0.455 e. The van der Waals surface area contributed by atoms with E-state index in [2.05, 4.69) is 18.5 Å². The Kier molecular flexibility index (Phi) is 11.0. The van der Waals surface area contributed by atoms with Gasteiger partial charge in [-0.1, -0.05) is 103 Å². The molecule has 7 rings (SSSR count). The lowest BCUT2D eigenvalue weighted by Gasteiger charge is -2.39. The van der Waals surface area contributed by atoms with Crippen molar-refractivity contribution >= 4 is 40.2 Å². The number of hydrogen-bond donors (Lipinski definition) is 2. The van der Waals surface area contributed by atoms with Crippen LogP contribution in [0.25, 0.3) is 10.8 Å². The van der Waals surface area contributed by atoms with Crippen LogP contribution in [0.5, 0.6) is 0 Å². The fraction of sp³-hybridized carbons (Fsp3) is 0.333. The Balaban J connectivity index is 1.27. The number of anilines is 1. The van der Waals surface area contributed by atoms with Gasteiger partial charge in [-0.2, -0.15) is 0 Å². The lowest BCUT2D eigenvalue weighted by molar-refractivity contribution is -0.162. The fourth-order valence-corrected chi connectivity index (χ4v) is 8.89. The number of amides is 3. The average Bonchev–Trinajstić information content (AvgIpc) is 3.86. The van der Waals surface area contributed by atoms with E-state index in [0.29, 0.717) is 36.1 Å². The molecule has 3 fully saturated rings. The number of fused-ring (bicyclic) bond motifs is 2. The molecular formula is C45H47N3O7. The second kappa shape index (κ2) is 16.0. The van der Waals surface area contributed by atoms with Gasteiger partial charge >= 0.3 is 5.97 Å². The number of hydrogen-bond acceptors (Lipinski definition) is 7. The number of esters is 1. The van der Waals surface area contributed by atoms with Gasteiger partial charge in [0.1, 0.15) is 17.7 Å². The lowest BCUT2D eigenvalue weighted by atomic mass is 9.70. The molecule has 10 nitrogen and oxygen atoms in total. The predicted octanol–water partition coefficient (Wildman–Crippen LogP) is 6.22. The summed E-state index contributed by atoms with van der Waals surface area (Å²) in [6, 6.07) is 29.2. The number of carbonyl (C=O) groups excluding carboxylic acids is 4. The van der Waals surface area contributed by atoms with Gasteiger partial charge in [0.05, 0.1) is 36.6 Å². The summed E-state index contributed by atoms with van der Waals surface area (Å²) in [6.07, 6.45) is 3.28. The summed E-state index contributed by atoms with van der Waals surface area (Å²) >= 11 is 0. The molecule has 4 aromatic carbocycles. The van der Waals surface area contributed by atoms with Gasteiger partial charge in [-0.05, 0) is 60.2 Å². The molecule has 284 valence electrons. The number of aliphatic hydroxyl groups is 1. The molecule has 0 aromatic heterocycles. The number of allylic oxidation sites excluding steroid dienone is 1. The molecule has 10 heteroatoms. The molecule has 0 radical (unpaired) electrons. The van der Waals surface area contributed by atoms with Crippen LogP contribution < -0.4 is 10.2 Å². The monoisotopic (exact) mass is 741 g/mol. The SMILES string of the molecule is C=CCCC(=O)N[C@H](C)[C@@H](OC(=O)[C@@H]1[C@H]2C(=O)N([C@H](CO)c3ccccc3)[C@H](C(=O)N(CC=C)c3ccc4ccccc4c3)[C@]23CC[C@H]1O3)c1ccccc1. The van der Waals surface area contributed by atoms with E-state index < -0.39 is 72.2 Å². The highest BCUT2D eigenvalue weighted by atomic mass is 16.6. The van der Waals surface area contributed by atoms with Crippen LogP contribution in [-0.4, -0.2) is 70.6 Å². The Labute approximate surface area is 321 Å². The Morgan fingerprint density at radius 1 is 0.964 bits per heavy atom. The smallest absolute Gasteiger partial charge is 0.313 e. The summed E-state index contributed by atoms with van der Waals surface area (Å²) in [7, 11) is 0. The summed E-state index contributed by atoms with van der Waals surface area (Å²) < 4.78 is 13.1. The van der Waals surface area contributed by atoms with E-state index in [1.54, 1.807) is 24.0 Å². The molecule has 0 aliphatic carbocycles. The molecule has 3 aliphatic heterocycles. The summed E-state index contributed by atoms with van der Waals surface area (Å²) in [5.41, 5.74) is 0.577. The van der Waals surface area contributed by atoms with E-state index in [4.69, 9.17) is 9.47 Å². The first-order chi connectivity index (χ1) is 26.7. The van der Waals surface area contributed by atoms with Crippen molar-refractivity contribution in [1.82, 2.24) is 10.2 Å². The molecule has 0 saturated carbocycles. The van der Waals surface area contributed by atoms with Crippen LogP contribution in [0.15, 0.2) is 128 Å². The summed E-state index contributed by atoms with van der Waals surface area (Å²) in [6.45, 7) is 9.10. The number of likely N-dealkylation sites (tertiary alicyclic amines) is 1. The van der Waals surface area contributed by atoms with E-state index in [9.17, 15) is 14.7 Å². The quantitative estimate of drug-likeness (QED) is 0.110. The van der Waals surface area contributed by atoms with Crippen molar-refractivity contribution < 1.29 is 33.8 Å². The molecule has 3 aliphatic rings. The first kappa shape index (κ1) is 37.7. The topological polar surface area (TPSA) is 125 Å². The van der Waals surface area contributed by atoms with Gasteiger partial charge in [0.15, 0.2) is 0 Å². The number of benzene rings is 4. The minimum atomic E-state index is -1.37. The van der Waals surface area contributed by atoms with Crippen molar-refractivity contribution in [3.63, 3.8) is 0 Å². The van der Waals surface area contributed by atoms with Gasteiger partial charge in [-0.3, -0.25) is 19.2 Å². The summed E-state index contributed by atoms with van der Waals surface area (Å²) in [5, 5.41) is 15.9. The third-order valence-electron chi connectivity index (χ3n) is 11.3. The van der Waals surface area contributed by atoms with Crippen molar-refractivity contribution in [1.29, 1.82) is 0 Å². The van der Waals surface area contributed by atoms with Gasteiger partial charge in [-0.25, -0.2) is 0 Å². The van der Waals surface area contributed by atoms with Gasteiger partial charge in [0.2, 0.25) is 11.8 Å². The number of rotatable bonds is 15. The fourth-order valence-electron chi connectivity index (χ4n) is 8.89. The zero-order valence-electron chi connectivity index (χ0n) is 31.0. The second-order valence-electron chi connectivity index (χ2n) is 14.6. The molecule has 3 saturated heterocycles. The van der Waals surface area contributed by atoms with Crippen LogP contribution in [0.4, 0.5) is 5.69 Å². The summed E-state index contributed by atoms with van der Waals surface area (Å²) in [4.78, 5) is 60.8. The zero-order valence-corrected chi connectivity index (χ0v) is 31.0. The highest BCUT2D eigenvalue weighted by Crippen LogP contribution is 2.60. The van der Waals surface area contributed by atoms with Crippen molar-refractivity contribution in [2.75, 3.05) is 18.1 Å². The molecular weight excluding hydrogens is 695 g/mol. The first-order valence-electron chi connectivity index (χ1n) is 18.9. The lowest BCUT2D eigenvalue weighted by Crippen LogP contribution is -2.57. The van der Waals surface area contributed by atoms with E-state index >= 15 is 9.59 Å². The third kappa shape index (κ3) is 6.96. The van der Waals surface area contributed by atoms with Crippen LogP contribution in [-0.2, 0) is 28.7 Å². The van der Waals surface area contributed by atoms with Crippen molar-refractivity contribution in [2.24, 2.45) is 11.8 Å². The number of carbonyl (C=O) groups is 4. The van der Waals surface area contributed by atoms with Crippen molar-refractivity contribution in [2.45, 2.75) is 68.5 Å². The molecule has 0 unspecified atom stereocenters. The third-order valence-corrected chi connectivity index (χ3v) is 11.3. The molecule has 3 heterocycles. The second-order valence-corrected chi connectivity index (χ2v) is 14.6. The maximum absolute atomic E-state index is 15.3. The van der Waals surface area contributed by atoms with E-state index in [0.717, 1.165) is 10.8 Å². The number of nitrogens with zero attached hydrogens (tertiary/aromatic N) is 2. The molecule has 55 heavy (non-hydrogen) atoms. The highest BCUT2D eigenvalue weighted by Gasteiger charge is 2.76. The van der Waals surface area contributed by atoms with Crippen LogP contribution in [0.1, 0.15) is 55.9 Å². The Hall–Kier alpha value is -5.58. The number of nitrogens with one attached hydrogen (secondary N) is 1. The normalized spacial score (nSPS) is 24.1. The number of ether oxygens (including phenoxy) is 2. The molecule has 1 spiro atoms. The van der Waals surface area contributed by atoms with Crippen LogP contribution in [0, 0.1) is 11.8 Å². The zero-order chi connectivity index (χ0) is 38.7. The van der Waals surface area contributed by atoms with E-state index in [1.807, 2.05) is 103 Å². The van der Waals surface area contributed by atoms with Crippen LogP contribution in [0.2, 0.25) is 0 Å². The van der Waals surface area contributed by atoms with Gasteiger partial charge in [0.25, 0.3) is 5.91 Å². The van der Waals surface area contributed by atoms with E-state index in [1.165, 1.54) is 4.90 Å². The molecule has 8 atom stereocenters. The van der Waals surface area contributed by atoms with Crippen molar-refractivity contribution in [3.05, 3.63) is 140 Å². The Bertz CT molecular complexity index is 2070. The Morgan fingerprint density at radius 2 is 1.64 bits per heavy atom. The minimum absolute atomic E-state index is 0.148. The maximum Gasteiger partial charge on any atom is 0.313 e. The highest BCUT2D eigenvalue weighted by molar-refractivity contribution is 6.05. The van der Waals surface area contributed by atoms with Crippen LogP contribution >= 0.6 is 0 Å². The van der Waals surface area contributed by atoms with Gasteiger partial charge in [-0.15, -0.1) is 13.2 Å². The molecule has 2 N–H and O–H groups in total.